The van der Waals surface area contributed by atoms with Crippen LogP contribution in [0.2, 0.25) is 0 Å². The lowest BCUT2D eigenvalue weighted by atomic mass is 9.95. The summed E-state index contributed by atoms with van der Waals surface area (Å²) < 4.78 is 0.927. The van der Waals surface area contributed by atoms with Crippen LogP contribution in [0.1, 0.15) is 70.4 Å². The Labute approximate surface area is 169 Å². The smallest absolute Gasteiger partial charge is 0.151 e. The minimum Gasteiger partial charge on any atom is -0.184 e. The molecule has 1 aromatic rings. The lowest BCUT2D eigenvalue weighted by Crippen LogP contribution is -2.03. The maximum Gasteiger partial charge on any atom is 0.151 e. The van der Waals surface area contributed by atoms with E-state index in [1.54, 1.807) is 0 Å². The molecule has 1 aliphatic rings. The van der Waals surface area contributed by atoms with Crippen molar-refractivity contribution in [1.29, 1.82) is 0 Å². The Hall–Kier alpha value is -0.420. The van der Waals surface area contributed by atoms with Gasteiger partial charge < -0.3 is 0 Å². The highest BCUT2D eigenvalue weighted by Crippen LogP contribution is 2.21. The molecule has 0 aliphatic heterocycles. The van der Waals surface area contributed by atoms with Gasteiger partial charge in [0.2, 0.25) is 0 Å². The van der Waals surface area contributed by atoms with E-state index in [2.05, 4.69) is 73.3 Å². The number of aromatic nitrogens is 3. The topological polar surface area (TPSA) is 30.7 Å². The van der Waals surface area contributed by atoms with Gasteiger partial charge in [-0.15, -0.1) is 5.10 Å². The molecule has 25 heavy (non-hydrogen) atoms. The molecule has 0 aromatic carbocycles. The molecule has 0 bridgehead atoms. The summed E-state index contributed by atoms with van der Waals surface area (Å²) >= 11 is 7.28. The molecule has 3 nitrogen and oxygen atoms in total. The summed E-state index contributed by atoms with van der Waals surface area (Å²) in [6.45, 7) is 3.17. The molecule has 1 aromatic heterocycles. The standard InChI is InChI=1S/C20H31Br2N3/c1-2-18(21)14-8-3-4-9-16-25-23-19(20(22)24-25)15-10-13-17-11-6-5-7-12-17/h5-7,11,17-18H,2-4,8-10,12-16H2,1H3. The van der Waals surface area contributed by atoms with E-state index < -0.39 is 0 Å². The molecule has 140 valence electrons. The van der Waals surface area contributed by atoms with Gasteiger partial charge in [-0.1, -0.05) is 66.4 Å². The summed E-state index contributed by atoms with van der Waals surface area (Å²) in [6, 6.07) is 0. The van der Waals surface area contributed by atoms with E-state index in [1.807, 2.05) is 4.80 Å². The van der Waals surface area contributed by atoms with E-state index in [0.29, 0.717) is 10.7 Å². The predicted molar refractivity (Wildman–Crippen MR) is 113 cm³/mol. The molecule has 2 rings (SSSR count). The van der Waals surface area contributed by atoms with Crippen molar-refractivity contribution < 1.29 is 0 Å². The fourth-order valence-electron chi connectivity index (χ4n) is 3.17. The van der Waals surface area contributed by atoms with Gasteiger partial charge in [0.25, 0.3) is 0 Å². The number of unbranched alkanes of at least 4 members (excludes halogenated alkanes) is 3. The molecule has 2 unspecified atom stereocenters. The Morgan fingerprint density at radius 2 is 2.00 bits per heavy atom. The molecule has 0 saturated heterocycles. The maximum atomic E-state index is 4.67. The highest BCUT2D eigenvalue weighted by atomic mass is 79.9. The Bertz CT molecular complexity index is 551. The summed E-state index contributed by atoms with van der Waals surface area (Å²) in [5.41, 5.74) is 1.11. The van der Waals surface area contributed by atoms with Crippen LogP contribution < -0.4 is 0 Å². The second kappa shape index (κ2) is 12.1. The lowest BCUT2D eigenvalue weighted by Gasteiger charge is -2.11. The number of alkyl halides is 1. The summed E-state index contributed by atoms with van der Waals surface area (Å²) in [4.78, 5) is 2.57. The molecule has 1 aliphatic carbocycles. The average molecular weight is 473 g/mol. The summed E-state index contributed by atoms with van der Waals surface area (Å²) in [5, 5.41) is 9.20. The normalized spacial score (nSPS) is 18.0. The Kier molecular flexibility index (Phi) is 10.1. The zero-order valence-electron chi connectivity index (χ0n) is 15.3. The average Bonchev–Trinajstić information content (AvgIpc) is 2.98. The fraction of sp³-hybridized carbons (Fsp3) is 0.700. The molecule has 0 N–H and O–H groups in total. The summed E-state index contributed by atoms with van der Waals surface area (Å²) in [7, 11) is 0. The minimum absolute atomic E-state index is 0.693. The first-order valence-corrected chi connectivity index (χ1v) is 11.5. The van der Waals surface area contributed by atoms with Gasteiger partial charge in [-0.25, -0.2) is 0 Å². The van der Waals surface area contributed by atoms with Gasteiger partial charge in [-0.2, -0.15) is 9.90 Å². The van der Waals surface area contributed by atoms with E-state index in [9.17, 15) is 0 Å². The quantitative estimate of drug-likeness (QED) is 0.252. The lowest BCUT2D eigenvalue weighted by molar-refractivity contribution is 0.477. The molecule has 0 fully saturated rings. The van der Waals surface area contributed by atoms with Gasteiger partial charge in [0, 0.05) is 4.83 Å². The zero-order valence-corrected chi connectivity index (χ0v) is 18.5. The molecule has 2 atom stereocenters. The van der Waals surface area contributed by atoms with Crippen molar-refractivity contribution >= 4 is 31.9 Å². The molecular formula is C20H31Br2N3. The molecule has 5 heteroatoms. The third-order valence-electron chi connectivity index (χ3n) is 4.80. The molecule has 0 amide bonds. The van der Waals surface area contributed by atoms with Gasteiger partial charge >= 0.3 is 0 Å². The van der Waals surface area contributed by atoms with Crippen LogP contribution in [-0.4, -0.2) is 19.8 Å². The van der Waals surface area contributed by atoms with Gasteiger partial charge in [0.1, 0.15) is 0 Å². The van der Waals surface area contributed by atoms with Crippen LogP contribution in [-0.2, 0) is 13.0 Å². The first-order chi connectivity index (χ1) is 12.2. The van der Waals surface area contributed by atoms with Crippen LogP contribution in [0.15, 0.2) is 28.9 Å². The van der Waals surface area contributed by atoms with Gasteiger partial charge in [0.05, 0.1) is 12.2 Å². The Morgan fingerprint density at radius 1 is 1.16 bits per heavy atom. The fourth-order valence-corrected chi connectivity index (χ4v) is 3.95. The van der Waals surface area contributed by atoms with Crippen LogP contribution in [0.25, 0.3) is 0 Å². The zero-order chi connectivity index (χ0) is 17.9. The van der Waals surface area contributed by atoms with E-state index in [0.717, 1.165) is 23.3 Å². The Morgan fingerprint density at radius 3 is 2.76 bits per heavy atom. The first-order valence-electron chi connectivity index (χ1n) is 9.76. The number of hydrogen-bond acceptors (Lipinski definition) is 2. The SMILES string of the molecule is CCC(Br)CCCCCCn1nc(Br)c(CCCC2C=CC=CC2)n1. The summed E-state index contributed by atoms with van der Waals surface area (Å²) in [6.07, 6.45) is 21.0. The first kappa shape index (κ1) is 20.9. The number of halogens is 2. The van der Waals surface area contributed by atoms with Crippen LogP contribution in [0.5, 0.6) is 0 Å². The number of hydrogen-bond donors (Lipinski definition) is 0. The van der Waals surface area contributed by atoms with Gasteiger partial charge in [0.15, 0.2) is 4.60 Å². The highest BCUT2D eigenvalue weighted by molar-refractivity contribution is 9.10. The van der Waals surface area contributed by atoms with Crippen LogP contribution in [0.3, 0.4) is 0 Å². The predicted octanol–water partition coefficient (Wildman–Crippen LogP) is 6.62. The number of aryl methyl sites for hydroxylation is 2. The Balaban J connectivity index is 1.60. The minimum atomic E-state index is 0.693. The van der Waals surface area contributed by atoms with Crippen molar-refractivity contribution in [2.24, 2.45) is 5.92 Å². The van der Waals surface area contributed by atoms with Crippen LogP contribution >= 0.6 is 31.9 Å². The van der Waals surface area contributed by atoms with Gasteiger partial charge in [-0.05, 0) is 66.8 Å². The molecule has 0 spiro atoms. The van der Waals surface area contributed by atoms with Crippen LogP contribution in [0, 0.1) is 5.92 Å². The number of allylic oxidation sites excluding steroid dienone is 4. The van der Waals surface area contributed by atoms with Crippen molar-refractivity contribution in [3.8, 4) is 0 Å². The van der Waals surface area contributed by atoms with Crippen molar-refractivity contribution in [1.82, 2.24) is 15.0 Å². The van der Waals surface area contributed by atoms with E-state index in [-0.39, 0.29) is 0 Å². The molecular weight excluding hydrogens is 442 g/mol. The van der Waals surface area contributed by atoms with E-state index >= 15 is 0 Å². The van der Waals surface area contributed by atoms with Crippen molar-refractivity contribution in [2.45, 2.75) is 82.5 Å². The van der Waals surface area contributed by atoms with E-state index in [4.69, 9.17) is 0 Å². The molecule has 1 heterocycles. The van der Waals surface area contributed by atoms with Crippen molar-refractivity contribution in [3.05, 3.63) is 34.6 Å². The van der Waals surface area contributed by atoms with Crippen LogP contribution in [0.4, 0.5) is 0 Å². The third-order valence-corrected chi connectivity index (χ3v) is 6.53. The second-order valence-corrected chi connectivity index (χ2v) is 8.99. The highest BCUT2D eigenvalue weighted by Gasteiger charge is 2.10. The molecule has 0 saturated carbocycles. The van der Waals surface area contributed by atoms with Crippen molar-refractivity contribution in [3.63, 3.8) is 0 Å². The summed E-state index contributed by atoms with van der Waals surface area (Å²) in [5.74, 6) is 0.700. The van der Waals surface area contributed by atoms with Gasteiger partial charge in [-0.3, -0.25) is 0 Å². The molecule has 0 radical (unpaired) electrons. The second-order valence-electron chi connectivity index (χ2n) is 6.94. The monoisotopic (exact) mass is 471 g/mol. The maximum absolute atomic E-state index is 4.67. The van der Waals surface area contributed by atoms with E-state index in [1.165, 1.54) is 57.8 Å². The third kappa shape index (κ3) is 8.21. The number of rotatable bonds is 12. The number of nitrogens with zero attached hydrogens (tertiary/aromatic N) is 3. The van der Waals surface area contributed by atoms with Crippen molar-refractivity contribution in [2.75, 3.05) is 0 Å². The largest absolute Gasteiger partial charge is 0.184 e.